The van der Waals surface area contributed by atoms with Crippen LogP contribution in [0.3, 0.4) is 0 Å². The third kappa shape index (κ3) is 5.17. The molecule has 0 bridgehead atoms. The summed E-state index contributed by atoms with van der Waals surface area (Å²) in [5, 5.41) is 15.5. The van der Waals surface area contributed by atoms with Gasteiger partial charge in [0.1, 0.15) is 0 Å². The van der Waals surface area contributed by atoms with Crippen molar-refractivity contribution in [1.29, 1.82) is 0 Å². The Morgan fingerprint density at radius 2 is 1.93 bits per heavy atom. The van der Waals surface area contributed by atoms with Gasteiger partial charge >= 0.3 is 0 Å². The average Bonchev–Trinajstić information content (AvgIpc) is 3.15. The smallest absolute Gasteiger partial charge is 0.230 e. The molecule has 0 atom stereocenters. The molecule has 6 nitrogen and oxygen atoms in total. The highest BCUT2D eigenvalue weighted by Crippen LogP contribution is 2.22. The number of nitrogens with one attached hydrogen (secondary N) is 1. The maximum absolute atomic E-state index is 12.1. The predicted octanol–water partition coefficient (Wildman–Crippen LogP) is 3.12. The van der Waals surface area contributed by atoms with E-state index in [9.17, 15) is 4.79 Å². The zero-order chi connectivity index (χ0) is 19.1. The Bertz CT molecular complexity index is 894. The van der Waals surface area contributed by atoms with E-state index in [1.807, 2.05) is 37.3 Å². The van der Waals surface area contributed by atoms with Crippen LogP contribution < -0.4 is 5.32 Å². The molecule has 1 aromatic heterocycles. The number of thioether (sulfide) groups is 1. The number of nitrogens with zero attached hydrogens (tertiary/aromatic N) is 4. The molecule has 1 N–H and O–H groups in total. The first-order valence-corrected chi connectivity index (χ1v) is 9.92. The Balaban J connectivity index is 1.48. The predicted molar refractivity (Wildman–Crippen MR) is 107 cm³/mol. The summed E-state index contributed by atoms with van der Waals surface area (Å²) in [5.41, 5.74) is 4.52. The van der Waals surface area contributed by atoms with E-state index in [2.05, 4.69) is 46.0 Å². The molecule has 0 fully saturated rings. The molecule has 0 unspecified atom stereocenters. The summed E-state index contributed by atoms with van der Waals surface area (Å²) in [6, 6.07) is 16.3. The van der Waals surface area contributed by atoms with Gasteiger partial charge in [0.2, 0.25) is 11.1 Å². The van der Waals surface area contributed by atoms with E-state index >= 15 is 0 Å². The van der Waals surface area contributed by atoms with E-state index in [0.717, 1.165) is 24.1 Å². The number of hydrogen-bond donors (Lipinski definition) is 1. The Morgan fingerprint density at radius 3 is 2.74 bits per heavy atom. The van der Waals surface area contributed by atoms with Crippen LogP contribution in [-0.2, 0) is 11.2 Å². The quantitative estimate of drug-likeness (QED) is 0.479. The Hall–Kier alpha value is -2.67. The Labute approximate surface area is 163 Å². The molecule has 1 heterocycles. The summed E-state index contributed by atoms with van der Waals surface area (Å²) >= 11 is 1.34. The number of carbonyl (C=O) groups is 1. The van der Waals surface area contributed by atoms with Crippen LogP contribution in [0.4, 0.5) is 0 Å². The van der Waals surface area contributed by atoms with Crippen molar-refractivity contribution in [2.75, 3.05) is 12.3 Å². The number of carbonyl (C=O) groups excluding carboxylic acids is 1. The van der Waals surface area contributed by atoms with Crippen molar-refractivity contribution in [3.05, 3.63) is 65.2 Å². The van der Waals surface area contributed by atoms with Gasteiger partial charge in [0, 0.05) is 6.54 Å². The summed E-state index contributed by atoms with van der Waals surface area (Å²) in [6.07, 6.45) is 1.87. The molecule has 7 heteroatoms. The highest BCUT2D eigenvalue weighted by molar-refractivity contribution is 7.99. The standard InChI is InChI=1S/C20H23N5OS/c1-15-8-6-12-18(16(15)2)25-20(22-23-24-25)27-14-19(26)21-13-7-11-17-9-4-3-5-10-17/h3-6,8-10,12H,7,11,13-14H2,1-2H3,(H,21,26). The molecule has 2 aromatic carbocycles. The van der Waals surface area contributed by atoms with Gasteiger partial charge in [-0.05, 0) is 59.9 Å². The summed E-state index contributed by atoms with van der Waals surface area (Å²) in [5.74, 6) is 0.278. The van der Waals surface area contributed by atoms with Gasteiger partial charge in [-0.2, -0.15) is 4.68 Å². The molecular weight excluding hydrogens is 358 g/mol. The SMILES string of the molecule is Cc1cccc(-n2nnnc2SCC(=O)NCCCc2ccccc2)c1C. The molecular formula is C20H23N5OS. The lowest BCUT2D eigenvalue weighted by molar-refractivity contribution is -0.118. The molecule has 0 spiro atoms. The molecule has 0 aliphatic carbocycles. The zero-order valence-corrected chi connectivity index (χ0v) is 16.4. The molecule has 1 amide bonds. The van der Waals surface area contributed by atoms with E-state index in [0.29, 0.717) is 11.7 Å². The van der Waals surface area contributed by atoms with Crippen molar-refractivity contribution in [1.82, 2.24) is 25.5 Å². The largest absolute Gasteiger partial charge is 0.355 e. The van der Waals surface area contributed by atoms with Crippen molar-refractivity contribution in [3.8, 4) is 5.69 Å². The van der Waals surface area contributed by atoms with E-state index in [1.54, 1.807) is 4.68 Å². The first kappa shape index (κ1) is 19.1. The zero-order valence-electron chi connectivity index (χ0n) is 15.6. The van der Waals surface area contributed by atoms with Crippen LogP contribution >= 0.6 is 11.8 Å². The molecule has 140 valence electrons. The summed E-state index contributed by atoms with van der Waals surface area (Å²) < 4.78 is 1.69. The number of amides is 1. The van der Waals surface area contributed by atoms with Crippen molar-refractivity contribution < 1.29 is 4.79 Å². The van der Waals surface area contributed by atoms with Gasteiger partial charge in [-0.25, -0.2) is 0 Å². The van der Waals surface area contributed by atoms with Crippen LogP contribution in [0.2, 0.25) is 0 Å². The van der Waals surface area contributed by atoms with E-state index in [1.165, 1.54) is 22.9 Å². The van der Waals surface area contributed by atoms with Gasteiger partial charge in [0.25, 0.3) is 0 Å². The number of tetrazole rings is 1. The van der Waals surface area contributed by atoms with E-state index in [-0.39, 0.29) is 11.7 Å². The second-order valence-corrected chi connectivity index (χ2v) is 7.26. The van der Waals surface area contributed by atoms with Gasteiger partial charge in [-0.15, -0.1) is 5.10 Å². The third-order valence-corrected chi connectivity index (χ3v) is 5.30. The number of hydrogen-bond acceptors (Lipinski definition) is 5. The van der Waals surface area contributed by atoms with Crippen LogP contribution in [0.5, 0.6) is 0 Å². The molecule has 3 aromatic rings. The number of benzene rings is 2. The fourth-order valence-electron chi connectivity index (χ4n) is 2.73. The molecule has 3 rings (SSSR count). The molecule has 0 aliphatic rings. The van der Waals surface area contributed by atoms with E-state index in [4.69, 9.17) is 0 Å². The molecule has 0 saturated heterocycles. The number of rotatable bonds is 8. The molecule has 0 saturated carbocycles. The highest BCUT2D eigenvalue weighted by Gasteiger charge is 2.13. The fraction of sp³-hybridized carbons (Fsp3) is 0.300. The second-order valence-electron chi connectivity index (χ2n) is 6.32. The minimum Gasteiger partial charge on any atom is -0.355 e. The summed E-state index contributed by atoms with van der Waals surface area (Å²) in [6.45, 7) is 4.76. The van der Waals surface area contributed by atoms with E-state index < -0.39 is 0 Å². The lowest BCUT2D eigenvalue weighted by Gasteiger charge is -2.09. The van der Waals surface area contributed by atoms with Crippen molar-refractivity contribution in [2.45, 2.75) is 31.8 Å². The maximum Gasteiger partial charge on any atom is 0.230 e. The van der Waals surface area contributed by atoms with Crippen LogP contribution in [-0.4, -0.2) is 38.4 Å². The minimum absolute atomic E-state index is 0.0106. The van der Waals surface area contributed by atoms with Crippen LogP contribution in [0.1, 0.15) is 23.1 Å². The van der Waals surface area contributed by atoms with Gasteiger partial charge in [0.05, 0.1) is 11.4 Å². The van der Waals surface area contributed by atoms with Gasteiger partial charge < -0.3 is 5.32 Å². The third-order valence-electron chi connectivity index (χ3n) is 4.38. The van der Waals surface area contributed by atoms with Crippen molar-refractivity contribution in [2.24, 2.45) is 0 Å². The monoisotopic (exact) mass is 381 g/mol. The Kier molecular flexibility index (Phi) is 6.59. The van der Waals surface area contributed by atoms with Crippen LogP contribution in [0, 0.1) is 13.8 Å². The minimum atomic E-state index is -0.0106. The molecule has 0 aliphatic heterocycles. The number of aryl methyl sites for hydroxylation is 2. The summed E-state index contributed by atoms with van der Waals surface area (Å²) in [4.78, 5) is 12.1. The van der Waals surface area contributed by atoms with Crippen LogP contribution in [0.25, 0.3) is 5.69 Å². The lowest BCUT2D eigenvalue weighted by atomic mass is 10.1. The summed E-state index contributed by atoms with van der Waals surface area (Å²) in [7, 11) is 0. The maximum atomic E-state index is 12.1. The second kappa shape index (κ2) is 9.32. The first-order chi connectivity index (χ1) is 13.1. The van der Waals surface area contributed by atoms with Gasteiger partial charge in [-0.1, -0.05) is 54.2 Å². The molecule has 27 heavy (non-hydrogen) atoms. The van der Waals surface area contributed by atoms with Gasteiger partial charge in [0.15, 0.2) is 0 Å². The topological polar surface area (TPSA) is 72.7 Å². The van der Waals surface area contributed by atoms with Crippen molar-refractivity contribution in [3.63, 3.8) is 0 Å². The average molecular weight is 382 g/mol. The van der Waals surface area contributed by atoms with Crippen LogP contribution in [0.15, 0.2) is 53.7 Å². The Morgan fingerprint density at radius 1 is 1.11 bits per heavy atom. The lowest BCUT2D eigenvalue weighted by Crippen LogP contribution is -2.26. The number of aromatic nitrogens is 4. The van der Waals surface area contributed by atoms with Gasteiger partial charge in [-0.3, -0.25) is 4.79 Å². The highest BCUT2D eigenvalue weighted by atomic mass is 32.2. The normalized spacial score (nSPS) is 10.7. The fourth-order valence-corrected chi connectivity index (χ4v) is 3.44. The first-order valence-electron chi connectivity index (χ1n) is 8.93. The molecule has 0 radical (unpaired) electrons. The van der Waals surface area contributed by atoms with Crippen molar-refractivity contribution >= 4 is 17.7 Å².